The number of alkyl halides is 2. The van der Waals surface area contributed by atoms with Gasteiger partial charge in [-0.15, -0.1) is 0 Å². The minimum atomic E-state index is -4.00. The van der Waals surface area contributed by atoms with Crippen molar-refractivity contribution < 1.29 is 21.6 Å². The Morgan fingerprint density at radius 1 is 1.12 bits per heavy atom. The number of hydrogen-bond acceptors (Lipinski definition) is 9. The van der Waals surface area contributed by atoms with E-state index in [0.717, 1.165) is 31.7 Å². The molecule has 234 valence electrons. The molecule has 3 heterocycles. The molecular weight excluding hydrogens is 585 g/mol. The zero-order valence-corrected chi connectivity index (χ0v) is 25.5. The van der Waals surface area contributed by atoms with Gasteiger partial charge in [0.05, 0.1) is 30.7 Å². The van der Waals surface area contributed by atoms with Crippen LogP contribution in [-0.4, -0.2) is 95.2 Å². The van der Waals surface area contributed by atoms with Crippen molar-refractivity contribution in [2.45, 2.75) is 63.6 Å². The molecular formula is C28H37F3N8O3S. The Hall–Kier alpha value is -3.30. The van der Waals surface area contributed by atoms with Crippen LogP contribution in [0, 0.1) is 5.82 Å². The van der Waals surface area contributed by atoms with Crippen molar-refractivity contribution in [3.63, 3.8) is 0 Å². The molecule has 15 heteroatoms. The summed E-state index contributed by atoms with van der Waals surface area (Å²) in [7, 11) is 0.178. The fourth-order valence-electron chi connectivity index (χ4n) is 5.64. The van der Waals surface area contributed by atoms with Gasteiger partial charge in [0.1, 0.15) is 17.0 Å². The lowest BCUT2D eigenvalue weighted by Gasteiger charge is -2.38. The first-order valence-electron chi connectivity index (χ1n) is 14.3. The van der Waals surface area contributed by atoms with Gasteiger partial charge in [0.2, 0.25) is 16.0 Å². The summed E-state index contributed by atoms with van der Waals surface area (Å²) in [5.74, 6) is -3.77. The van der Waals surface area contributed by atoms with E-state index in [0.29, 0.717) is 23.2 Å². The maximum Gasteiger partial charge on any atom is 0.278 e. The number of benzene rings is 1. The molecule has 1 aromatic carbocycles. The van der Waals surface area contributed by atoms with Crippen LogP contribution in [0.2, 0.25) is 0 Å². The molecule has 2 N–H and O–H groups in total. The van der Waals surface area contributed by atoms with Gasteiger partial charge < -0.3 is 10.2 Å². The topological polar surface area (TPSA) is 125 Å². The molecule has 0 spiro atoms. The highest BCUT2D eigenvalue weighted by atomic mass is 32.2. The van der Waals surface area contributed by atoms with Crippen molar-refractivity contribution in [2.24, 2.45) is 0 Å². The average molecular weight is 623 g/mol. The van der Waals surface area contributed by atoms with Gasteiger partial charge in [0.15, 0.2) is 5.65 Å². The minimum Gasteiger partial charge on any atom is -0.351 e. The van der Waals surface area contributed by atoms with Crippen molar-refractivity contribution in [3.8, 4) is 11.3 Å². The number of nitrogens with one attached hydrogen (secondary N) is 2. The van der Waals surface area contributed by atoms with E-state index in [-0.39, 0.29) is 35.6 Å². The largest absolute Gasteiger partial charge is 0.351 e. The average Bonchev–Trinajstić information content (AvgIpc) is 2.91. The zero-order chi connectivity index (χ0) is 31.1. The molecule has 1 saturated carbocycles. The second kappa shape index (κ2) is 12.0. The fraction of sp³-hybridized carbons (Fsp3) is 0.571. The van der Waals surface area contributed by atoms with Crippen LogP contribution in [0.25, 0.3) is 22.4 Å². The first-order chi connectivity index (χ1) is 20.2. The lowest BCUT2D eigenvalue weighted by atomic mass is 9.91. The minimum absolute atomic E-state index is 0.0282. The Balaban J connectivity index is 1.35. The SMILES string of the molecule is CC(C)n1c(=O)c(-c2ccc(NS(=O)(=O)CCN3CC(F)(F)C3)c(F)c2)nc2cnc(N[C@H]3CC[C@H](N(C)C)CC3)nc21. The fourth-order valence-corrected chi connectivity index (χ4v) is 6.74. The number of nitrogens with zero attached hydrogens (tertiary/aromatic N) is 6. The van der Waals surface area contributed by atoms with E-state index < -0.39 is 46.2 Å². The second-order valence-electron chi connectivity index (χ2n) is 11.9. The van der Waals surface area contributed by atoms with Crippen molar-refractivity contribution in [2.75, 3.05) is 49.5 Å². The van der Waals surface area contributed by atoms with E-state index in [9.17, 15) is 22.0 Å². The molecule has 1 saturated heterocycles. The molecule has 3 aromatic rings. The van der Waals surface area contributed by atoms with E-state index in [1.54, 1.807) is 0 Å². The molecule has 2 aromatic heterocycles. The smallest absolute Gasteiger partial charge is 0.278 e. The third-order valence-corrected chi connectivity index (χ3v) is 9.25. The van der Waals surface area contributed by atoms with Crippen molar-refractivity contribution >= 4 is 32.8 Å². The predicted octanol–water partition coefficient (Wildman–Crippen LogP) is 3.55. The van der Waals surface area contributed by atoms with E-state index in [2.05, 4.69) is 44.0 Å². The predicted molar refractivity (Wildman–Crippen MR) is 160 cm³/mol. The number of likely N-dealkylation sites (tertiary alicyclic amines) is 1. The van der Waals surface area contributed by atoms with Crippen LogP contribution in [-0.2, 0) is 10.0 Å². The van der Waals surface area contributed by atoms with Gasteiger partial charge in [-0.25, -0.2) is 31.6 Å². The van der Waals surface area contributed by atoms with Gasteiger partial charge >= 0.3 is 0 Å². The summed E-state index contributed by atoms with van der Waals surface area (Å²) in [5, 5.41) is 3.40. The molecule has 11 nitrogen and oxygen atoms in total. The number of hydrogen-bond donors (Lipinski definition) is 2. The number of sulfonamides is 1. The molecule has 43 heavy (non-hydrogen) atoms. The normalized spacial score (nSPS) is 20.9. The lowest BCUT2D eigenvalue weighted by molar-refractivity contribution is -0.128. The highest BCUT2D eigenvalue weighted by Crippen LogP contribution is 2.28. The van der Waals surface area contributed by atoms with Crippen molar-refractivity contribution in [1.82, 2.24) is 29.3 Å². The quantitative estimate of drug-likeness (QED) is 0.349. The van der Waals surface area contributed by atoms with E-state index in [4.69, 9.17) is 0 Å². The van der Waals surface area contributed by atoms with Gasteiger partial charge in [0.25, 0.3) is 11.5 Å². The number of halogens is 3. The Bertz CT molecular complexity index is 1650. The molecule has 0 radical (unpaired) electrons. The summed E-state index contributed by atoms with van der Waals surface area (Å²) < 4.78 is 69.6. The van der Waals surface area contributed by atoms with Gasteiger partial charge in [-0.3, -0.25) is 19.0 Å². The van der Waals surface area contributed by atoms with Crippen LogP contribution >= 0.6 is 0 Å². The summed E-state index contributed by atoms with van der Waals surface area (Å²) in [6.45, 7) is 2.57. The molecule has 2 aliphatic rings. The molecule has 5 rings (SSSR count). The van der Waals surface area contributed by atoms with Crippen LogP contribution < -0.4 is 15.6 Å². The molecule has 0 atom stereocenters. The Kier molecular flexibility index (Phi) is 8.69. The Morgan fingerprint density at radius 2 is 1.81 bits per heavy atom. The molecule has 1 aliphatic heterocycles. The van der Waals surface area contributed by atoms with Gasteiger partial charge in [0, 0.05) is 30.2 Å². The van der Waals surface area contributed by atoms with Crippen LogP contribution in [0.1, 0.15) is 45.6 Å². The summed E-state index contributed by atoms with van der Waals surface area (Å²) in [6, 6.07) is 4.13. The number of aromatic nitrogens is 4. The van der Waals surface area contributed by atoms with Crippen molar-refractivity contribution in [3.05, 3.63) is 40.6 Å². The zero-order valence-electron chi connectivity index (χ0n) is 24.6. The van der Waals surface area contributed by atoms with E-state index in [1.165, 1.54) is 27.8 Å². The van der Waals surface area contributed by atoms with Crippen molar-refractivity contribution in [1.29, 1.82) is 0 Å². The lowest BCUT2D eigenvalue weighted by Crippen LogP contribution is -2.57. The van der Waals surface area contributed by atoms with Gasteiger partial charge in [-0.2, -0.15) is 4.98 Å². The molecule has 0 unspecified atom stereocenters. The van der Waals surface area contributed by atoms with Gasteiger partial charge in [-0.05, 0) is 65.8 Å². The molecule has 1 aliphatic carbocycles. The standard InChI is InChI=1S/C28H37F3N8O3S/c1-17(2)39-25-23(14-32-27(35-25)33-19-6-8-20(9-7-19)37(3)4)34-24(26(39)40)18-5-10-22(21(29)13-18)36-43(41,42)12-11-38-15-28(30,31)16-38/h5,10,13-14,17,19-20,36H,6-9,11-12,15-16H2,1-4H3,(H,32,33,35)/t19-,20-. The first kappa shape index (κ1) is 31.1. The van der Waals surface area contributed by atoms with Crippen LogP contribution in [0.3, 0.4) is 0 Å². The monoisotopic (exact) mass is 622 g/mol. The second-order valence-corrected chi connectivity index (χ2v) is 13.8. The van der Waals surface area contributed by atoms with E-state index >= 15 is 4.39 Å². The molecule has 2 fully saturated rings. The number of fused-ring (bicyclic) bond motifs is 1. The summed E-state index contributed by atoms with van der Waals surface area (Å²) in [4.78, 5) is 30.7. The third kappa shape index (κ3) is 7.10. The summed E-state index contributed by atoms with van der Waals surface area (Å²) in [6.07, 6.45) is 5.62. The highest BCUT2D eigenvalue weighted by Gasteiger charge is 2.43. The Labute approximate surface area is 248 Å². The Morgan fingerprint density at radius 3 is 2.42 bits per heavy atom. The third-order valence-electron chi connectivity index (χ3n) is 8.00. The number of anilines is 2. The van der Waals surface area contributed by atoms with Gasteiger partial charge in [-0.1, -0.05) is 6.07 Å². The highest BCUT2D eigenvalue weighted by molar-refractivity contribution is 7.92. The molecule has 0 bridgehead atoms. The maximum atomic E-state index is 15.1. The summed E-state index contributed by atoms with van der Waals surface area (Å²) in [5.41, 5.74) is 0.0444. The van der Waals surface area contributed by atoms with Crippen LogP contribution in [0.4, 0.5) is 24.8 Å². The van der Waals surface area contributed by atoms with E-state index in [1.807, 2.05) is 13.8 Å². The van der Waals surface area contributed by atoms with Crippen LogP contribution in [0.15, 0.2) is 29.2 Å². The number of rotatable bonds is 10. The summed E-state index contributed by atoms with van der Waals surface area (Å²) >= 11 is 0. The van der Waals surface area contributed by atoms with Crippen LogP contribution in [0.5, 0.6) is 0 Å². The molecule has 0 amide bonds. The maximum absolute atomic E-state index is 15.1. The first-order valence-corrected chi connectivity index (χ1v) is 16.0.